The van der Waals surface area contributed by atoms with Crippen molar-refractivity contribution in [1.29, 1.82) is 5.41 Å². The predicted octanol–water partition coefficient (Wildman–Crippen LogP) is 2.84. The Morgan fingerprint density at radius 3 is 2.54 bits per heavy atom. The van der Waals surface area contributed by atoms with Gasteiger partial charge in [-0.25, -0.2) is 4.98 Å². The summed E-state index contributed by atoms with van der Waals surface area (Å²) in [6.07, 6.45) is 9.80. The first-order chi connectivity index (χ1) is 13.6. The van der Waals surface area contributed by atoms with Gasteiger partial charge in [-0.1, -0.05) is 26.2 Å². The molecule has 0 bridgehead atoms. The molecule has 2 heterocycles. The Kier molecular flexibility index (Phi) is 7.25. The molecule has 1 amide bonds. The van der Waals surface area contributed by atoms with Crippen LogP contribution in [0.1, 0.15) is 57.4 Å². The first kappa shape index (κ1) is 20.6. The van der Waals surface area contributed by atoms with Crippen molar-refractivity contribution in [3.8, 4) is 0 Å². The van der Waals surface area contributed by atoms with Crippen molar-refractivity contribution < 1.29 is 4.79 Å². The Bertz CT molecular complexity index is 677. The standard InChI is InChI=1S/C21H34N6O/c1-3-27-11-9-16(10-12-27)26-21(28)19(22)18-13-17(14-24-20(18)23-2)25-15-7-5-4-6-8-15/h13-16,22,25H,3-12H2,1-2H3,(H,23,24)(H,26,28). The number of piperidine rings is 1. The van der Waals surface area contributed by atoms with E-state index in [-0.39, 0.29) is 17.7 Å². The zero-order valence-corrected chi connectivity index (χ0v) is 17.2. The Morgan fingerprint density at radius 1 is 1.18 bits per heavy atom. The number of anilines is 2. The minimum atomic E-state index is -0.317. The quantitative estimate of drug-likeness (QED) is 0.541. The van der Waals surface area contributed by atoms with Gasteiger partial charge in [0, 0.05) is 37.8 Å². The molecule has 0 spiro atoms. The molecule has 28 heavy (non-hydrogen) atoms. The van der Waals surface area contributed by atoms with Crippen LogP contribution in [0.5, 0.6) is 0 Å². The van der Waals surface area contributed by atoms with Gasteiger partial charge in [0.1, 0.15) is 11.5 Å². The number of carbonyl (C=O) groups is 1. The Hall–Kier alpha value is -2.15. The number of nitrogens with zero attached hydrogens (tertiary/aromatic N) is 2. The lowest BCUT2D eigenvalue weighted by Crippen LogP contribution is -2.46. The number of pyridine rings is 1. The highest BCUT2D eigenvalue weighted by Crippen LogP contribution is 2.24. The first-order valence-electron chi connectivity index (χ1n) is 10.7. The third-order valence-corrected chi connectivity index (χ3v) is 5.97. The molecule has 1 aliphatic heterocycles. The lowest BCUT2D eigenvalue weighted by Gasteiger charge is -2.31. The highest BCUT2D eigenvalue weighted by Gasteiger charge is 2.24. The van der Waals surface area contributed by atoms with Gasteiger partial charge in [0.2, 0.25) is 0 Å². The Labute approximate surface area is 168 Å². The molecule has 1 aromatic rings. The highest BCUT2D eigenvalue weighted by molar-refractivity contribution is 6.45. The van der Waals surface area contributed by atoms with E-state index < -0.39 is 0 Å². The largest absolute Gasteiger partial charge is 0.381 e. The van der Waals surface area contributed by atoms with Crippen molar-refractivity contribution in [3.05, 3.63) is 17.8 Å². The number of amides is 1. The molecule has 0 atom stereocenters. The van der Waals surface area contributed by atoms with Crippen LogP contribution in [-0.4, -0.2) is 60.3 Å². The van der Waals surface area contributed by atoms with Gasteiger partial charge in [-0.2, -0.15) is 0 Å². The zero-order valence-electron chi connectivity index (χ0n) is 17.2. The fraction of sp³-hybridized carbons (Fsp3) is 0.667. The predicted molar refractivity (Wildman–Crippen MR) is 114 cm³/mol. The minimum Gasteiger partial charge on any atom is -0.381 e. The number of hydrogen-bond acceptors (Lipinski definition) is 6. The van der Waals surface area contributed by atoms with Crippen molar-refractivity contribution in [2.24, 2.45) is 0 Å². The van der Waals surface area contributed by atoms with Gasteiger partial charge in [-0.3, -0.25) is 10.2 Å². The van der Waals surface area contributed by atoms with Crippen LogP contribution in [0.3, 0.4) is 0 Å². The molecular formula is C21H34N6O. The van der Waals surface area contributed by atoms with Gasteiger partial charge in [-0.05, 0) is 38.3 Å². The maximum absolute atomic E-state index is 12.7. The van der Waals surface area contributed by atoms with Gasteiger partial charge in [-0.15, -0.1) is 0 Å². The molecule has 2 aliphatic rings. The molecule has 1 saturated heterocycles. The SMILES string of the molecule is CCN1CCC(NC(=O)C(=N)c2cc(NC3CCCCC3)cnc2NC)CC1. The summed E-state index contributed by atoms with van der Waals surface area (Å²) >= 11 is 0. The van der Waals surface area contributed by atoms with Crippen molar-refractivity contribution in [3.63, 3.8) is 0 Å². The molecule has 0 aromatic carbocycles. The van der Waals surface area contributed by atoms with Crippen LogP contribution in [0.15, 0.2) is 12.3 Å². The van der Waals surface area contributed by atoms with Crippen LogP contribution in [0.4, 0.5) is 11.5 Å². The molecule has 3 rings (SSSR count). The number of nitrogens with one attached hydrogen (secondary N) is 4. The van der Waals surface area contributed by atoms with Crippen LogP contribution in [0.2, 0.25) is 0 Å². The fourth-order valence-electron chi connectivity index (χ4n) is 4.19. The molecule has 1 aliphatic carbocycles. The summed E-state index contributed by atoms with van der Waals surface area (Å²) in [5, 5.41) is 18.1. The monoisotopic (exact) mass is 386 g/mol. The topological polar surface area (TPSA) is 93.1 Å². The number of rotatable bonds is 7. The lowest BCUT2D eigenvalue weighted by atomic mass is 9.95. The Morgan fingerprint density at radius 2 is 1.89 bits per heavy atom. The molecule has 2 fully saturated rings. The van der Waals surface area contributed by atoms with E-state index in [2.05, 4.69) is 32.8 Å². The van der Waals surface area contributed by atoms with E-state index >= 15 is 0 Å². The van der Waals surface area contributed by atoms with E-state index in [1.165, 1.54) is 19.3 Å². The summed E-state index contributed by atoms with van der Waals surface area (Å²) in [5.74, 6) is 0.248. The lowest BCUT2D eigenvalue weighted by molar-refractivity contribution is -0.115. The second-order valence-corrected chi connectivity index (χ2v) is 7.91. The van der Waals surface area contributed by atoms with Crippen molar-refractivity contribution >= 4 is 23.1 Å². The number of aromatic nitrogens is 1. The molecule has 7 nitrogen and oxygen atoms in total. The van der Waals surface area contributed by atoms with Gasteiger partial charge < -0.3 is 20.9 Å². The summed E-state index contributed by atoms with van der Waals surface area (Å²) in [4.78, 5) is 19.5. The number of carbonyl (C=O) groups excluding carboxylic acids is 1. The minimum absolute atomic E-state index is 0.0259. The molecule has 4 N–H and O–H groups in total. The van der Waals surface area contributed by atoms with Gasteiger partial charge in [0.25, 0.3) is 5.91 Å². The van der Waals surface area contributed by atoms with E-state index in [1.54, 1.807) is 13.2 Å². The van der Waals surface area contributed by atoms with E-state index in [1.807, 2.05) is 6.07 Å². The Balaban J connectivity index is 1.65. The first-order valence-corrected chi connectivity index (χ1v) is 10.7. The average Bonchev–Trinajstić information content (AvgIpc) is 2.74. The van der Waals surface area contributed by atoms with Crippen LogP contribution in [0.25, 0.3) is 0 Å². The van der Waals surface area contributed by atoms with Gasteiger partial charge in [0.05, 0.1) is 11.9 Å². The average molecular weight is 387 g/mol. The van der Waals surface area contributed by atoms with Gasteiger partial charge >= 0.3 is 0 Å². The fourth-order valence-corrected chi connectivity index (χ4v) is 4.19. The summed E-state index contributed by atoms with van der Waals surface area (Å²) in [6, 6.07) is 2.48. The summed E-state index contributed by atoms with van der Waals surface area (Å²) in [7, 11) is 1.77. The third-order valence-electron chi connectivity index (χ3n) is 5.97. The van der Waals surface area contributed by atoms with Crippen LogP contribution >= 0.6 is 0 Å². The molecule has 7 heteroatoms. The van der Waals surface area contributed by atoms with Crippen molar-refractivity contribution in [2.75, 3.05) is 37.3 Å². The third kappa shape index (κ3) is 5.22. The molecule has 1 saturated carbocycles. The van der Waals surface area contributed by atoms with Crippen LogP contribution < -0.4 is 16.0 Å². The number of likely N-dealkylation sites (tertiary alicyclic amines) is 1. The van der Waals surface area contributed by atoms with Crippen LogP contribution in [-0.2, 0) is 4.79 Å². The summed E-state index contributed by atoms with van der Waals surface area (Å²) < 4.78 is 0. The maximum Gasteiger partial charge on any atom is 0.270 e. The normalized spacial score (nSPS) is 19.2. The molecule has 154 valence electrons. The van der Waals surface area contributed by atoms with Gasteiger partial charge in [0.15, 0.2) is 0 Å². The van der Waals surface area contributed by atoms with Crippen molar-refractivity contribution in [1.82, 2.24) is 15.2 Å². The zero-order chi connectivity index (χ0) is 19.9. The second kappa shape index (κ2) is 9.87. The van der Waals surface area contributed by atoms with E-state index in [9.17, 15) is 4.79 Å². The summed E-state index contributed by atoms with van der Waals surface area (Å²) in [5.41, 5.74) is 1.41. The van der Waals surface area contributed by atoms with E-state index in [0.717, 1.165) is 51.0 Å². The van der Waals surface area contributed by atoms with E-state index in [0.29, 0.717) is 17.4 Å². The second-order valence-electron chi connectivity index (χ2n) is 7.91. The van der Waals surface area contributed by atoms with E-state index in [4.69, 9.17) is 5.41 Å². The smallest absolute Gasteiger partial charge is 0.270 e. The summed E-state index contributed by atoms with van der Waals surface area (Å²) in [6.45, 7) is 5.21. The van der Waals surface area contributed by atoms with Crippen LogP contribution in [0, 0.1) is 5.41 Å². The molecule has 0 unspecified atom stereocenters. The maximum atomic E-state index is 12.7. The highest BCUT2D eigenvalue weighted by atomic mass is 16.1. The number of hydrogen-bond donors (Lipinski definition) is 4. The molecular weight excluding hydrogens is 352 g/mol. The van der Waals surface area contributed by atoms with Crippen molar-refractivity contribution in [2.45, 2.75) is 64.0 Å². The molecule has 1 aromatic heterocycles. The molecule has 0 radical (unpaired) electrons.